The van der Waals surface area contributed by atoms with Gasteiger partial charge in [0.25, 0.3) is 0 Å². The molecule has 0 amide bonds. The summed E-state index contributed by atoms with van der Waals surface area (Å²) in [6, 6.07) is 7.31. The molecule has 1 aliphatic carbocycles. The normalized spacial score (nSPS) is 29.1. The molecule has 1 aromatic carbocycles. The fraction of sp³-hybridized carbons (Fsp3) is 0.471. The topological polar surface area (TPSA) is 42.1 Å². The molecule has 2 aromatic rings. The monoisotopic (exact) mass is 285 g/mol. The number of pyridine rings is 1. The standard InChI is InChI=1S/C17H20FN3/c18-14-6-11-2-1-5-20-17(11)13(7-14)9-21-8-12-3-4-16(19)15(12)10-21/h1-2,5-7,12,15-16H,3-4,8-10,19H2. The van der Waals surface area contributed by atoms with Crippen molar-refractivity contribution in [3.05, 3.63) is 41.8 Å². The van der Waals surface area contributed by atoms with Crippen molar-refractivity contribution < 1.29 is 4.39 Å². The highest BCUT2D eigenvalue weighted by Crippen LogP contribution is 2.37. The van der Waals surface area contributed by atoms with Gasteiger partial charge in [0.1, 0.15) is 5.82 Å². The quantitative estimate of drug-likeness (QED) is 0.922. The molecule has 3 atom stereocenters. The second-order valence-corrected chi connectivity index (χ2v) is 6.50. The van der Waals surface area contributed by atoms with E-state index in [0.717, 1.165) is 48.4 Å². The highest BCUT2D eigenvalue weighted by Gasteiger charge is 2.40. The Balaban J connectivity index is 1.61. The molecule has 4 rings (SSSR count). The van der Waals surface area contributed by atoms with Gasteiger partial charge < -0.3 is 5.73 Å². The maximum atomic E-state index is 13.8. The van der Waals surface area contributed by atoms with Crippen LogP contribution in [0, 0.1) is 17.7 Å². The summed E-state index contributed by atoms with van der Waals surface area (Å²) < 4.78 is 13.8. The summed E-state index contributed by atoms with van der Waals surface area (Å²) in [4.78, 5) is 6.85. The van der Waals surface area contributed by atoms with Crippen LogP contribution in [0.25, 0.3) is 10.9 Å². The van der Waals surface area contributed by atoms with Crippen LogP contribution < -0.4 is 5.73 Å². The van der Waals surface area contributed by atoms with Gasteiger partial charge in [0, 0.05) is 37.3 Å². The van der Waals surface area contributed by atoms with Crippen molar-refractivity contribution in [2.24, 2.45) is 17.6 Å². The Morgan fingerprint density at radius 2 is 2.19 bits per heavy atom. The van der Waals surface area contributed by atoms with E-state index in [1.54, 1.807) is 18.3 Å². The maximum absolute atomic E-state index is 13.8. The van der Waals surface area contributed by atoms with E-state index in [2.05, 4.69) is 9.88 Å². The summed E-state index contributed by atoms with van der Waals surface area (Å²) in [5.74, 6) is 1.17. The number of nitrogens with zero attached hydrogens (tertiary/aromatic N) is 2. The summed E-state index contributed by atoms with van der Waals surface area (Å²) in [6.45, 7) is 2.89. The van der Waals surface area contributed by atoms with Crippen molar-refractivity contribution in [3.63, 3.8) is 0 Å². The van der Waals surface area contributed by atoms with Crippen molar-refractivity contribution in [2.75, 3.05) is 13.1 Å². The third-order valence-corrected chi connectivity index (χ3v) is 5.13. The molecule has 1 aromatic heterocycles. The molecular weight excluding hydrogens is 265 g/mol. The first kappa shape index (κ1) is 13.2. The number of hydrogen-bond donors (Lipinski definition) is 1. The molecule has 0 bridgehead atoms. The third-order valence-electron chi connectivity index (χ3n) is 5.13. The zero-order valence-electron chi connectivity index (χ0n) is 12.0. The van der Waals surface area contributed by atoms with E-state index in [1.165, 1.54) is 6.42 Å². The fourth-order valence-corrected chi connectivity index (χ4v) is 4.12. The van der Waals surface area contributed by atoms with E-state index in [4.69, 9.17) is 5.73 Å². The molecule has 1 aliphatic heterocycles. The second-order valence-electron chi connectivity index (χ2n) is 6.50. The number of benzene rings is 1. The summed E-state index contributed by atoms with van der Waals surface area (Å²) >= 11 is 0. The molecule has 1 saturated heterocycles. The van der Waals surface area contributed by atoms with Gasteiger partial charge in [0.15, 0.2) is 0 Å². The van der Waals surface area contributed by atoms with Gasteiger partial charge in [-0.15, -0.1) is 0 Å². The van der Waals surface area contributed by atoms with Gasteiger partial charge in [-0.3, -0.25) is 9.88 Å². The van der Waals surface area contributed by atoms with Gasteiger partial charge in [-0.2, -0.15) is 0 Å². The number of nitrogens with two attached hydrogens (primary N) is 1. The second kappa shape index (κ2) is 5.04. The van der Waals surface area contributed by atoms with Gasteiger partial charge in [-0.1, -0.05) is 6.07 Å². The first-order valence-corrected chi connectivity index (χ1v) is 7.72. The number of hydrogen-bond acceptors (Lipinski definition) is 3. The van der Waals surface area contributed by atoms with Crippen molar-refractivity contribution in [1.29, 1.82) is 0 Å². The lowest BCUT2D eigenvalue weighted by Crippen LogP contribution is -2.30. The average molecular weight is 285 g/mol. The molecule has 2 fully saturated rings. The summed E-state index contributed by atoms with van der Waals surface area (Å²) in [5.41, 5.74) is 8.09. The van der Waals surface area contributed by atoms with Crippen molar-refractivity contribution >= 4 is 10.9 Å². The molecule has 3 nitrogen and oxygen atoms in total. The SMILES string of the molecule is NC1CCC2CN(Cc3cc(F)cc4cccnc34)CC12. The van der Waals surface area contributed by atoms with E-state index in [9.17, 15) is 4.39 Å². The van der Waals surface area contributed by atoms with Crippen LogP contribution in [0.3, 0.4) is 0 Å². The molecule has 0 spiro atoms. The van der Waals surface area contributed by atoms with Crippen LogP contribution in [0.2, 0.25) is 0 Å². The Hall–Kier alpha value is -1.52. The van der Waals surface area contributed by atoms with Crippen molar-refractivity contribution in [2.45, 2.75) is 25.4 Å². The first-order chi connectivity index (χ1) is 10.2. The molecule has 2 aliphatic rings. The molecule has 4 heteroatoms. The minimum Gasteiger partial charge on any atom is -0.327 e. The maximum Gasteiger partial charge on any atom is 0.124 e. The van der Waals surface area contributed by atoms with E-state index in [0.29, 0.717) is 12.0 Å². The van der Waals surface area contributed by atoms with Crippen LogP contribution in [0.15, 0.2) is 30.5 Å². The minimum absolute atomic E-state index is 0.179. The largest absolute Gasteiger partial charge is 0.327 e. The van der Waals surface area contributed by atoms with Crippen LogP contribution in [0.5, 0.6) is 0 Å². The molecule has 2 heterocycles. The Morgan fingerprint density at radius 3 is 3.05 bits per heavy atom. The molecule has 0 radical (unpaired) electrons. The highest BCUT2D eigenvalue weighted by molar-refractivity contribution is 5.81. The minimum atomic E-state index is -0.179. The smallest absolute Gasteiger partial charge is 0.124 e. The average Bonchev–Trinajstić information content (AvgIpc) is 3.01. The number of rotatable bonds is 2. The molecule has 21 heavy (non-hydrogen) atoms. The molecule has 3 unspecified atom stereocenters. The number of aromatic nitrogens is 1. The van der Waals surface area contributed by atoms with Crippen molar-refractivity contribution in [3.8, 4) is 0 Å². The Morgan fingerprint density at radius 1 is 1.29 bits per heavy atom. The molecular formula is C17H20FN3. The predicted molar refractivity (Wildman–Crippen MR) is 81.2 cm³/mol. The Labute approximate surface area is 124 Å². The van der Waals surface area contributed by atoms with Crippen molar-refractivity contribution in [1.82, 2.24) is 9.88 Å². The Kier molecular flexibility index (Phi) is 3.16. The van der Waals surface area contributed by atoms with E-state index >= 15 is 0 Å². The summed E-state index contributed by atoms with van der Waals surface area (Å²) in [6.07, 6.45) is 4.18. The van der Waals surface area contributed by atoms with Crippen LogP contribution >= 0.6 is 0 Å². The summed E-state index contributed by atoms with van der Waals surface area (Å²) in [5, 5.41) is 0.878. The van der Waals surface area contributed by atoms with E-state index < -0.39 is 0 Å². The summed E-state index contributed by atoms with van der Waals surface area (Å²) in [7, 11) is 0. The van der Waals surface area contributed by atoms with Crippen LogP contribution in [0.4, 0.5) is 4.39 Å². The molecule has 110 valence electrons. The van der Waals surface area contributed by atoms with Crippen LogP contribution in [-0.4, -0.2) is 29.0 Å². The highest BCUT2D eigenvalue weighted by atomic mass is 19.1. The van der Waals surface area contributed by atoms with Gasteiger partial charge in [0.2, 0.25) is 0 Å². The lowest BCUT2D eigenvalue weighted by Gasteiger charge is -2.19. The van der Waals surface area contributed by atoms with Gasteiger partial charge >= 0.3 is 0 Å². The number of likely N-dealkylation sites (tertiary alicyclic amines) is 1. The third kappa shape index (κ3) is 2.32. The fourth-order valence-electron chi connectivity index (χ4n) is 4.12. The molecule has 1 saturated carbocycles. The van der Waals surface area contributed by atoms with E-state index in [1.807, 2.05) is 12.1 Å². The lowest BCUT2D eigenvalue weighted by atomic mass is 9.98. The first-order valence-electron chi connectivity index (χ1n) is 7.72. The Bertz CT molecular complexity index is 672. The predicted octanol–water partition coefficient (Wildman–Crippen LogP) is 2.54. The van der Waals surface area contributed by atoms with Gasteiger partial charge in [-0.25, -0.2) is 4.39 Å². The van der Waals surface area contributed by atoms with Gasteiger partial charge in [0.05, 0.1) is 5.52 Å². The van der Waals surface area contributed by atoms with E-state index in [-0.39, 0.29) is 5.82 Å². The zero-order valence-corrected chi connectivity index (χ0v) is 12.0. The van der Waals surface area contributed by atoms with Crippen LogP contribution in [-0.2, 0) is 6.54 Å². The van der Waals surface area contributed by atoms with Gasteiger partial charge in [-0.05, 0) is 48.4 Å². The molecule has 2 N–H and O–H groups in total. The zero-order chi connectivity index (χ0) is 14.4. The number of halogens is 1. The van der Waals surface area contributed by atoms with Crippen LogP contribution in [0.1, 0.15) is 18.4 Å². The lowest BCUT2D eigenvalue weighted by molar-refractivity contribution is 0.298. The number of fused-ring (bicyclic) bond motifs is 2.